The smallest absolute Gasteiger partial charge is 0.164 e. The first-order valence-electron chi connectivity index (χ1n) is 15.5. The van der Waals surface area contributed by atoms with E-state index >= 15 is 0 Å². The molecule has 0 aliphatic carbocycles. The molecule has 1 atom stereocenters. The van der Waals surface area contributed by atoms with E-state index in [4.69, 9.17) is 14.3 Å². The fourth-order valence-corrected chi connectivity index (χ4v) is 6.80. The summed E-state index contributed by atoms with van der Waals surface area (Å²) >= 11 is 0. The maximum atomic E-state index is 14.6. The molecule has 2 aromatic carbocycles. The van der Waals surface area contributed by atoms with Crippen molar-refractivity contribution >= 4 is 23.0 Å². The van der Waals surface area contributed by atoms with Crippen LogP contribution in [0, 0.1) is 11.6 Å². The lowest BCUT2D eigenvalue weighted by molar-refractivity contribution is -0.0803. The molecule has 7 rings (SSSR count). The Labute approximate surface area is 256 Å². The number of anilines is 4. The summed E-state index contributed by atoms with van der Waals surface area (Å²) in [6, 6.07) is 12.9. The number of aromatic nitrogens is 2. The van der Waals surface area contributed by atoms with Gasteiger partial charge in [-0.1, -0.05) is 12.1 Å². The Morgan fingerprint density at radius 1 is 0.886 bits per heavy atom. The zero-order valence-corrected chi connectivity index (χ0v) is 25.0. The first kappa shape index (κ1) is 29.1. The van der Waals surface area contributed by atoms with Gasteiger partial charge in [-0.15, -0.1) is 0 Å². The Morgan fingerprint density at radius 2 is 1.66 bits per heavy atom. The van der Waals surface area contributed by atoms with E-state index in [0.717, 1.165) is 82.8 Å². The van der Waals surface area contributed by atoms with Crippen molar-refractivity contribution in [1.82, 2.24) is 19.8 Å². The highest BCUT2D eigenvalue weighted by Gasteiger charge is 2.33. The largest absolute Gasteiger partial charge is 0.494 e. The van der Waals surface area contributed by atoms with Crippen molar-refractivity contribution in [2.45, 2.75) is 37.4 Å². The highest BCUT2D eigenvalue weighted by molar-refractivity contribution is 5.70. The number of hydrogen-bond acceptors (Lipinski definition) is 10. The number of ether oxygens (including phenoxy) is 2. The van der Waals surface area contributed by atoms with Crippen LogP contribution >= 0.6 is 0 Å². The van der Waals surface area contributed by atoms with E-state index < -0.39 is 17.7 Å². The van der Waals surface area contributed by atoms with Gasteiger partial charge < -0.3 is 19.7 Å². The predicted octanol–water partition coefficient (Wildman–Crippen LogP) is 4.38. The number of piperidine rings is 1. The van der Waals surface area contributed by atoms with Gasteiger partial charge in [0.05, 0.1) is 44.7 Å². The zero-order valence-electron chi connectivity index (χ0n) is 25.0. The third-order valence-electron chi connectivity index (χ3n) is 9.40. The average molecular weight is 608 g/mol. The lowest BCUT2D eigenvalue weighted by atomic mass is 10.0. The molecule has 12 heteroatoms. The van der Waals surface area contributed by atoms with Gasteiger partial charge in [0.2, 0.25) is 0 Å². The molecule has 234 valence electrons. The number of hydrogen-bond donors (Lipinski definition) is 1. The Hall–Kier alpha value is -3.58. The van der Waals surface area contributed by atoms with Crippen molar-refractivity contribution in [2.24, 2.45) is 0 Å². The van der Waals surface area contributed by atoms with Gasteiger partial charge in [0.1, 0.15) is 17.9 Å². The van der Waals surface area contributed by atoms with Crippen LogP contribution in [0.2, 0.25) is 0 Å². The molecule has 4 aliphatic rings. The Bertz CT molecular complexity index is 1450. The molecule has 3 aromatic rings. The number of rotatable bonds is 8. The van der Waals surface area contributed by atoms with Gasteiger partial charge in [0.15, 0.2) is 17.5 Å². The van der Waals surface area contributed by atoms with Crippen LogP contribution in [0.5, 0.6) is 5.75 Å². The highest BCUT2D eigenvalue weighted by atomic mass is 19.2. The summed E-state index contributed by atoms with van der Waals surface area (Å²) in [5, 5.41) is 4.86. The summed E-state index contributed by atoms with van der Waals surface area (Å²) in [6.07, 6.45) is 4.23. The quantitative estimate of drug-likeness (QED) is 0.399. The third-order valence-corrected chi connectivity index (χ3v) is 9.40. The van der Waals surface area contributed by atoms with Crippen LogP contribution in [-0.4, -0.2) is 98.1 Å². The van der Waals surface area contributed by atoms with Crippen molar-refractivity contribution in [1.29, 1.82) is 0 Å². The number of piperazine rings is 1. The van der Waals surface area contributed by atoms with E-state index in [1.807, 2.05) is 6.07 Å². The molecule has 0 saturated carbocycles. The SMILES string of the molecule is COc1cc(N2CCC(N3CCN(C4COC4)CC3)CC2)ccc1Nc1cc(N2OCCC2c2cccc(F)c2F)ncn1. The third kappa shape index (κ3) is 5.91. The van der Waals surface area contributed by atoms with Crippen LogP contribution in [0.4, 0.5) is 31.8 Å². The Morgan fingerprint density at radius 3 is 2.39 bits per heavy atom. The summed E-state index contributed by atoms with van der Waals surface area (Å²) in [4.78, 5) is 22.2. The minimum Gasteiger partial charge on any atom is -0.494 e. The molecule has 0 bridgehead atoms. The number of nitrogens with zero attached hydrogens (tertiary/aromatic N) is 6. The summed E-state index contributed by atoms with van der Waals surface area (Å²) in [5.41, 5.74) is 2.13. The van der Waals surface area contributed by atoms with Crippen LogP contribution in [0.15, 0.2) is 48.8 Å². The molecule has 0 spiro atoms. The summed E-state index contributed by atoms with van der Waals surface area (Å²) in [7, 11) is 1.66. The van der Waals surface area contributed by atoms with E-state index in [1.54, 1.807) is 19.2 Å². The normalized spacial score (nSPS) is 22.3. The lowest BCUT2D eigenvalue weighted by Gasteiger charge is -2.46. The molecule has 10 nitrogen and oxygen atoms in total. The van der Waals surface area contributed by atoms with Crippen LogP contribution in [0.3, 0.4) is 0 Å². The van der Waals surface area contributed by atoms with Crippen molar-refractivity contribution < 1.29 is 23.1 Å². The topological polar surface area (TPSA) is 78.5 Å². The molecule has 0 radical (unpaired) electrons. The fraction of sp³-hybridized carbons (Fsp3) is 0.500. The maximum absolute atomic E-state index is 14.6. The van der Waals surface area contributed by atoms with Crippen molar-refractivity contribution in [2.75, 3.05) is 81.5 Å². The second-order valence-corrected chi connectivity index (χ2v) is 11.9. The van der Waals surface area contributed by atoms with Gasteiger partial charge in [0, 0.05) is 75.1 Å². The number of benzene rings is 2. The molecular weight excluding hydrogens is 568 g/mol. The summed E-state index contributed by atoms with van der Waals surface area (Å²) in [6.45, 7) is 8.75. The predicted molar refractivity (Wildman–Crippen MR) is 163 cm³/mol. The van der Waals surface area contributed by atoms with Crippen LogP contribution < -0.4 is 20.0 Å². The van der Waals surface area contributed by atoms with Crippen LogP contribution in [0.1, 0.15) is 30.9 Å². The monoisotopic (exact) mass is 607 g/mol. The lowest BCUT2D eigenvalue weighted by Crippen LogP contribution is -2.59. The van der Waals surface area contributed by atoms with Crippen molar-refractivity contribution in [3.8, 4) is 5.75 Å². The molecule has 1 aromatic heterocycles. The molecule has 4 saturated heterocycles. The zero-order chi connectivity index (χ0) is 30.0. The van der Waals surface area contributed by atoms with Gasteiger partial charge in [-0.05, 0) is 31.0 Å². The fourth-order valence-electron chi connectivity index (χ4n) is 6.80. The highest BCUT2D eigenvalue weighted by Crippen LogP contribution is 2.37. The van der Waals surface area contributed by atoms with Crippen molar-refractivity contribution in [3.05, 3.63) is 66.0 Å². The van der Waals surface area contributed by atoms with Gasteiger partial charge in [-0.25, -0.2) is 23.8 Å². The van der Waals surface area contributed by atoms with Gasteiger partial charge >= 0.3 is 0 Å². The van der Waals surface area contributed by atoms with E-state index in [0.29, 0.717) is 42.5 Å². The molecule has 0 amide bonds. The minimum absolute atomic E-state index is 0.235. The first-order valence-corrected chi connectivity index (χ1v) is 15.5. The van der Waals surface area contributed by atoms with Gasteiger partial charge in [0.25, 0.3) is 0 Å². The summed E-state index contributed by atoms with van der Waals surface area (Å²) in [5.74, 6) is -0.0650. The molecular formula is C32H39F2N7O3. The minimum atomic E-state index is -0.881. The van der Waals surface area contributed by atoms with Crippen LogP contribution in [0.25, 0.3) is 0 Å². The van der Waals surface area contributed by atoms with E-state index in [2.05, 4.69) is 42.1 Å². The number of methoxy groups -OCH3 is 1. The van der Waals surface area contributed by atoms with Gasteiger partial charge in [-0.2, -0.15) is 0 Å². The molecule has 1 N–H and O–H groups in total. The summed E-state index contributed by atoms with van der Waals surface area (Å²) < 4.78 is 39.7. The maximum Gasteiger partial charge on any atom is 0.164 e. The number of nitrogens with one attached hydrogen (secondary N) is 1. The number of hydroxylamine groups is 1. The Kier molecular flexibility index (Phi) is 8.48. The molecule has 4 fully saturated rings. The average Bonchev–Trinajstić information content (AvgIpc) is 3.52. The molecule has 1 unspecified atom stereocenters. The number of halogens is 2. The Balaban J connectivity index is 0.985. The van der Waals surface area contributed by atoms with Crippen molar-refractivity contribution in [3.63, 3.8) is 0 Å². The van der Waals surface area contributed by atoms with E-state index in [1.165, 1.54) is 17.5 Å². The molecule has 5 heterocycles. The second kappa shape index (κ2) is 12.8. The van der Waals surface area contributed by atoms with E-state index in [9.17, 15) is 8.78 Å². The molecule has 44 heavy (non-hydrogen) atoms. The first-order chi connectivity index (χ1) is 21.6. The van der Waals surface area contributed by atoms with Gasteiger partial charge in [-0.3, -0.25) is 14.6 Å². The molecule has 4 aliphatic heterocycles. The van der Waals surface area contributed by atoms with E-state index in [-0.39, 0.29) is 5.56 Å². The van der Waals surface area contributed by atoms with Crippen LogP contribution in [-0.2, 0) is 9.57 Å². The standard InChI is InChI=1S/C32H39F2N7O3/c1-42-29-17-23(38-10-7-22(8-11-38)39-12-14-40(15-13-39)24-19-43-20-24)5-6-27(29)37-30-18-31(36-21-35-30)41-28(9-16-44-41)25-3-2-4-26(33)32(25)34/h2-6,17-18,21-22,24,28H,7-16,19-20H2,1H3,(H,35,36,37). The second-order valence-electron chi connectivity index (χ2n) is 11.9.